The first-order valence-corrected chi connectivity index (χ1v) is 7.43. The first-order valence-electron chi connectivity index (χ1n) is 7.43. The molecule has 0 amide bonds. The summed E-state index contributed by atoms with van der Waals surface area (Å²) in [7, 11) is 1.56. The maximum absolute atomic E-state index is 11.7. The molecule has 0 bridgehead atoms. The van der Waals surface area contributed by atoms with Gasteiger partial charge in [0.2, 0.25) is 0 Å². The fourth-order valence-corrected chi connectivity index (χ4v) is 2.61. The number of fused-ring (bicyclic) bond motifs is 1. The number of carbonyl (C=O) groups is 1. The molecular weight excluding hydrogens is 290 g/mol. The Morgan fingerprint density at radius 1 is 1.17 bits per heavy atom. The minimum atomic E-state index is -0.974. The number of carboxylic acids is 1. The lowest BCUT2D eigenvalue weighted by Gasteiger charge is -2.09. The van der Waals surface area contributed by atoms with Crippen molar-refractivity contribution in [2.24, 2.45) is 0 Å². The Kier molecular flexibility index (Phi) is 3.98. The summed E-state index contributed by atoms with van der Waals surface area (Å²) in [6.45, 7) is 2.09. The monoisotopic (exact) mass is 307 g/mol. The number of benzene rings is 2. The highest BCUT2D eigenvalue weighted by molar-refractivity contribution is 6.04. The molecule has 1 aromatic heterocycles. The molecule has 0 fully saturated rings. The number of rotatable bonds is 4. The molecule has 0 spiro atoms. The maximum Gasteiger partial charge on any atom is 0.336 e. The van der Waals surface area contributed by atoms with E-state index >= 15 is 0 Å². The van der Waals surface area contributed by atoms with Gasteiger partial charge in [-0.05, 0) is 42.3 Å². The number of pyridine rings is 1. The molecular formula is C19H17NO3. The van der Waals surface area contributed by atoms with Crippen molar-refractivity contribution in [2.75, 3.05) is 7.11 Å². The maximum atomic E-state index is 11.7. The Hall–Kier alpha value is -2.88. The SMILES string of the molecule is CCc1cccc(-c2cc(C(=O)O)c3cc(OC)ccc3n2)c1. The van der Waals surface area contributed by atoms with Crippen LogP contribution in [0.1, 0.15) is 22.8 Å². The van der Waals surface area contributed by atoms with E-state index in [2.05, 4.69) is 11.9 Å². The van der Waals surface area contributed by atoms with Crippen LogP contribution in [0.4, 0.5) is 0 Å². The van der Waals surface area contributed by atoms with Crippen LogP contribution in [0.2, 0.25) is 0 Å². The summed E-state index contributed by atoms with van der Waals surface area (Å²) in [5.41, 5.74) is 3.64. The lowest BCUT2D eigenvalue weighted by Crippen LogP contribution is -2.01. The molecule has 23 heavy (non-hydrogen) atoms. The topological polar surface area (TPSA) is 59.4 Å². The van der Waals surface area contributed by atoms with E-state index in [0.29, 0.717) is 22.3 Å². The van der Waals surface area contributed by atoms with Gasteiger partial charge in [-0.2, -0.15) is 0 Å². The third kappa shape index (κ3) is 2.88. The molecule has 0 unspecified atom stereocenters. The largest absolute Gasteiger partial charge is 0.497 e. The highest BCUT2D eigenvalue weighted by atomic mass is 16.5. The van der Waals surface area contributed by atoms with Gasteiger partial charge in [-0.15, -0.1) is 0 Å². The van der Waals surface area contributed by atoms with Crippen LogP contribution in [0.3, 0.4) is 0 Å². The number of aryl methyl sites for hydroxylation is 1. The Morgan fingerprint density at radius 2 is 2.00 bits per heavy atom. The van der Waals surface area contributed by atoms with Crippen LogP contribution in [0.5, 0.6) is 5.75 Å². The molecule has 116 valence electrons. The molecule has 4 nitrogen and oxygen atoms in total. The van der Waals surface area contributed by atoms with E-state index in [0.717, 1.165) is 12.0 Å². The zero-order valence-electron chi connectivity index (χ0n) is 13.0. The average molecular weight is 307 g/mol. The highest BCUT2D eigenvalue weighted by Gasteiger charge is 2.14. The predicted molar refractivity (Wildman–Crippen MR) is 90.1 cm³/mol. The van der Waals surface area contributed by atoms with Crippen molar-refractivity contribution in [3.05, 3.63) is 59.7 Å². The van der Waals surface area contributed by atoms with Crippen LogP contribution < -0.4 is 4.74 Å². The number of carboxylic acid groups (broad SMARTS) is 1. The van der Waals surface area contributed by atoms with Gasteiger partial charge >= 0.3 is 5.97 Å². The third-order valence-corrected chi connectivity index (χ3v) is 3.88. The molecule has 0 radical (unpaired) electrons. The van der Waals surface area contributed by atoms with E-state index in [1.54, 1.807) is 31.4 Å². The van der Waals surface area contributed by atoms with E-state index in [9.17, 15) is 9.90 Å². The van der Waals surface area contributed by atoms with Crippen molar-refractivity contribution >= 4 is 16.9 Å². The molecule has 0 aliphatic heterocycles. The predicted octanol–water partition coefficient (Wildman–Crippen LogP) is 4.17. The molecule has 3 rings (SSSR count). The van der Waals surface area contributed by atoms with Crippen molar-refractivity contribution in [2.45, 2.75) is 13.3 Å². The fraction of sp³-hybridized carbons (Fsp3) is 0.158. The molecule has 1 N–H and O–H groups in total. The molecule has 1 heterocycles. The molecule has 4 heteroatoms. The quantitative estimate of drug-likeness (QED) is 0.786. The van der Waals surface area contributed by atoms with Crippen LogP contribution in [0.25, 0.3) is 22.2 Å². The highest BCUT2D eigenvalue weighted by Crippen LogP contribution is 2.28. The Labute approximate surface area is 134 Å². The molecule has 0 aliphatic rings. The van der Waals surface area contributed by atoms with Crippen LogP contribution >= 0.6 is 0 Å². The standard InChI is InChI=1S/C19H17NO3/c1-3-12-5-4-6-13(9-12)18-11-16(19(21)22)15-10-14(23-2)7-8-17(15)20-18/h4-11H,3H2,1-2H3,(H,21,22). The summed E-state index contributed by atoms with van der Waals surface area (Å²) in [4.78, 5) is 16.3. The Balaban J connectivity index is 2.24. The summed E-state index contributed by atoms with van der Waals surface area (Å²) in [5, 5.41) is 10.1. The van der Waals surface area contributed by atoms with E-state index < -0.39 is 5.97 Å². The Bertz CT molecular complexity index is 887. The fourth-order valence-electron chi connectivity index (χ4n) is 2.61. The first-order chi connectivity index (χ1) is 11.1. The van der Waals surface area contributed by atoms with Gasteiger partial charge in [-0.1, -0.05) is 25.1 Å². The summed E-state index contributed by atoms with van der Waals surface area (Å²) >= 11 is 0. The van der Waals surface area contributed by atoms with E-state index in [-0.39, 0.29) is 5.56 Å². The van der Waals surface area contributed by atoms with E-state index in [1.165, 1.54) is 5.56 Å². The van der Waals surface area contributed by atoms with Gasteiger partial charge in [0.25, 0.3) is 0 Å². The first kappa shape index (κ1) is 15.0. The molecule has 0 aliphatic carbocycles. The van der Waals surface area contributed by atoms with E-state index in [1.807, 2.05) is 24.3 Å². The zero-order chi connectivity index (χ0) is 16.4. The lowest BCUT2D eigenvalue weighted by molar-refractivity contribution is 0.0699. The smallest absolute Gasteiger partial charge is 0.336 e. The van der Waals surface area contributed by atoms with Crippen molar-refractivity contribution in [1.29, 1.82) is 0 Å². The second kappa shape index (κ2) is 6.08. The normalized spacial score (nSPS) is 10.7. The van der Waals surface area contributed by atoms with Gasteiger partial charge in [0.15, 0.2) is 0 Å². The van der Waals surface area contributed by atoms with Gasteiger partial charge in [0.1, 0.15) is 5.75 Å². The summed E-state index contributed by atoms with van der Waals surface area (Å²) in [6.07, 6.45) is 0.921. The molecule has 0 saturated heterocycles. The van der Waals surface area contributed by atoms with Crippen molar-refractivity contribution in [1.82, 2.24) is 4.98 Å². The summed E-state index contributed by atoms with van der Waals surface area (Å²) in [6, 6.07) is 14.9. The summed E-state index contributed by atoms with van der Waals surface area (Å²) < 4.78 is 5.18. The number of hydrogen-bond donors (Lipinski definition) is 1. The minimum absolute atomic E-state index is 0.228. The number of nitrogens with zero attached hydrogens (tertiary/aromatic N) is 1. The number of aromatic carboxylic acids is 1. The van der Waals surface area contributed by atoms with Crippen molar-refractivity contribution in [3.8, 4) is 17.0 Å². The van der Waals surface area contributed by atoms with Crippen molar-refractivity contribution in [3.63, 3.8) is 0 Å². The lowest BCUT2D eigenvalue weighted by atomic mass is 10.0. The number of aromatic nitrogens is 1. The van der Waals surface area contributed by atoms with Gasteiger partial charge in [-0.25, -0.2) is 9.78 Å². The second-order valence-electron chi connectivity index (χ2n) is 5.30. The zero-order valence-corrected chi connectivity index (χ0v) is 13.0. The van der Waals surface area contributed by atoms with Crippen LogP contribution in [-0.2, 0) is 6.42 Å². The average Bonchev–Trinajstić information content (AvgIpc) is 2.60. The third-order valence-electron chi connectivity index (χ3n) is 3.88. The van der Waals surface area contributed by atoms with Crippen LogP contribution in [0.15, 0.2) is 48.5 Å². The van der Waals surface area contributed by atoms with E-state index in [4.69, 9.17) is 4.74 Å². The van der Waals surface area contributed by atoms with Crippen molar-refractivity contribution < 1.29 is 14.6 Å². The van der Waals surface area contributed by atoms with Gasteiger partial charge < -0.3 is 9.84 Å². The molecule has 3 aromatic rings. The molecule has 2 aromatic carbocycles. The molecule has 0 atom stereocenters. The van der Waals surface area contributed by atoms with Gasteiger partial charge in [0, 0.05) is 10.9 Å². The van der Waals surface area contributed by atoms with Gasteiger partial charge in [-0.3, -0.25) is 0 Å². The van der Waals surface area contributed by atoms with Gasteiger partial charge in [0.05, 0.1) is 23.9 Å². The number of hydrogen-bond acceptors (Lipinski definition) is 3. The minimum Gasteiger partial charge on any atom is -0.497 e. The van der Waals surface area contributed by atoms with Crippen LogP contribution in [-0.4, -0.2) is 23.2 Å². The molecule has 0 saturated carbocycles. The summed E-state index contributed by atoms with van der Waals surface area (Å²) in [5.74, 6) is -0.360. The number of ether oxygens (including phenoxy) is 1. The number of methoxy groups -OCH3 is 1. The van der Waals surface area contributed by atoms with Crippen LogP contribution in [0, 0.1) is 0 Å². The second-order valence-corrected chi connectivity index (χ2v) is 5.30. The Morgan fingerprint density at radius 3 is 2.70 bits per heavy atom.